The minimum atomic E-state index is -0.546. The van der Waals surface area contributed by atoms with E-state index >= 15 is 0 Å². The van der Waals surface area contributed by atoms with E-state index < -0.39 is 5.60 Å². The van der Waals surface area contributed by atoms with Crippen molar-refractivity contribution in [2.75, 3.05) is 0 Å². The fourth-order valence-electron chi connectivity index (χ4n) is 2.23. The minimum absolute atomic E-state index is 0.546. The van der Waals surface area contributed by atoms with Crippen LogP contribution in [0, 0.1) is 0 Å². The fourth-order valence-corrected chi connectivity index (χ4v) is 2.23. The molecular weight excluding hydrogens is 172 g/mol. The highest BCUT2D eigenvalue weighted by molar-refractivity contribution is 5.31. The Morgan fingerprint density at radius 2 is 2.07 bits per heavy atom. The lowest BCUT2D eigenvalue weighted by atomic mass is 9.79. The van der Waals surface area contributed by atoms with E-state index in [9.17, 15) is 5.11 Å². The quantitative estimate of drug-likeness (QED) is 0.707. The van der Waals surface area contributed by atoms with Crippen molar-refractivity contribution in [2.24, 2.45) is 0 Å². The number of fused-ring (bicyclic) bond motifs is 1. The van der Waals surface area contributed by atoms with Crippen LogP contribution in [-0.4, -0.2) is 10.7 Å². The molecule has 14 heavy (non-hydrogen) atoms. The van der Waals surface area contributed by atoms with E-state index in [1.54, 1.807) is 0 Å². The first-order valence-electron chi connectivity index (χ1n) is 5.14. The van der Waals surface area contributed by atoms with Crippen molar-refractivity contribution in [1.82, 2.24) is 0 Å². The summed E-state index contributed by atoms with van der Waals surface area (Å²) in [5.74, 6) is 0. The third-order valence-corrected chi connectivity index (χ3v) is 3.02. The zero-order valence-electron chi connectivity index (χ0n) is 8.37. The Labute approximate surface area is 85.1 Å². The second-order valence-electron chi connectivity index (χ2n) is 4.16. The fraction of sp³-hybridized carbons (Fsp3) is 0.385. The maximum Gasteiger partial charge on any atom is 0.0725 e. The predicted octanol–water partition coefficient (Wildman–Crippen LogP) is 2.48. The average molecular weight is 188 g/mol. The van der Waals surface area contributed by atoms with Gasteiger partial charge in [-0.1, -0.05) is 30.3 Å². The van der Waals surface area contributed by atoms with Crippen LogP contribution in [0.5, 0.6) is 0 Å². The Morgan fingerprint density at radius 3 is 2.79 bits per heavy atom. The highest BCUT2D eigenvalue weighted by Crippen LogP contribution is 2.30. The molecule has 0 radical (unpaired) electrons. The topological polar surface area (TPSA) is 20.2 Å². The van der Waals surface area contributed by atoms with Crippen molar-refractivity contribution in [3.05, 3.63) is 48.0 Å². The molecule has 1 nitrogen and oxygen atoms in total. The molecule has 0 bridgehead atoms. The van der Waals surface area contributed by atoms with E-state index in [-0.39, 0.29) is 0 Å². The van der Waals surface area contributed by atoms with Gasteiger partial charge >= 0.3 is 0 Å². The average Bonchev–Trinajstić information content (AvgIpc) is 2.17. The van der Waals surface area contributed by atoms with Gasteiger partial charge in [-0.05, 0) is 30.4 Å². The molecule has 74 valence electrons. The summed E-state index contributed by atoms with van der Waals surface area (Å²) in [4.78, 5) is 0. The second-order valence-corrected chi connectivity index (χ2v) is 4.16. The van der Waals surface area contributed by atoms with Gasteiger partial charge in [-0.2, -0.15) is 0 Å². The van der Waals surface area contributed by atoms with Gasteiger partial charge in [0.05, 0.1) is 5.60 Å². The molecule has 1 heteroatoms. The van der Waals surface area contributed by atoms with Gasteiger partial charge in [-0.15, -0.1) is 6.58 Å². The van der Waals surface area contributed by atoms with E-state index in [1.165, 1.54) is 11.1 Å². The summed E-state index contributed by atoms with van der Waals surface area (Å²) < 4.78 is 0. The van der Waals surface area contributed by atoms with Crippen molar-refractivity contribution < 1.29 is 5.11 Å². The SMILES string of the molecule is C=CCC1(O)CCc2ccccc2C1. The molecule has 0 saturated heterocycles. The van der Waals surface area contributed by atoms with Crippen molar-refractivity contribution in [3.63, 3.8) is 0 Å². The molecule has 1 aromatic rings. The molecule has 0 aromatic heterocycles. The molecule has 2 rings (SSSR count). The van der Waals surface area contributed by atoms with Crippen LogP contribution in [0.1, 0.15) is 24.0 Å². The number of rotatable bonds is 2. The number of aryl methyl sites for hydroxylation is 1. The van der Waals surface area contributed by atoms with E-state index in [1.807, 2.05) is 12.1 Å². The second kappa shape index (κ2) is 3.58. The van der Waals surface area contributed by atoms with Crippen molar-refractivity contribution in [3.8, 4) is 0 Å². The van der Waals surface area contributed by atoms with Gasteiger partial charge in [-0.25, -0.2) is 0 Å². The Kier molecular flexibility index (Phi) is 2.42. The molecule has 1 unspecified atom stereocenters. The van der Waals surface area contributed by atoms with Gasteiger partial charge in [0.2, 0.25) is 0 Å². The van der Waals surface area contributed by atoms with E-state index in [4.69, 9.17) is 0 Å². The van der Waals surface area contributed by atoms with Crippen LogP contribution in [-0.2, 0) is 12.8 Å². The van der Waals surface area contributed by atoms with E-state index in [0.29, 0.717) is 6.42 Å². The van der Waals surface area contributed by atoms with Crippen molar-refractivity contribution in [1.29, 1.82) is 0 Å². The largest absolute Gasteiger partial charge is 0.389 e. The summed E-state index contributed by atoms with van der Waals surface area (Å²) in [6, 6.07) is 8.38. The lowest BCUT2D eigenvalue weighted by molar-refractivity contribution is 0.0294. The van der Waals surface area contributed by atoms with Crippen molar-refractivity contribution >= 4 is 0 Å². The smallest absolute Gasteiger partial charge is 0.0725 e. The van der Waals surface area contributed by atoms with Gasteiger partial charge in [0.25, 0.3) is 0 Å². The van der Waals surface area contributed by atoms with Crippen LogP contribution in [0.4, 0.5) is 0 Å². The van der Waals surface area contributed by atoms with E-state index in [0.717, 1.165) is 19.3 Å². The van der Waals surface area contributed by atoms with Gasteiger partial charge in [0, 0.05) is 6.42 Å². The molecule has 1 aromatic carbocycles. The molecule has 1 aliphatic carbocycles. The summed E-state index contributed by atoms with van der Waals surface area (Å²) in [5, 5.41) is 10.2. The van der Waals surface area contributed by atoms with Gasteiger partial charge in [0.15, 0.2) is 0 Å². The van der Waals surface area contributed by atoms with E-state index in [2.05, 4.69) is 24.8 Å². The number of hydrogen-bond donors (Lipinski definition) is 1. The van der Waals surface area contributed by atoms with Gasteiger partial charge < -0.3 is 5.11 Å². The zero-order chi connectivity index (χ0) is 10.0. The van der Waals surface area contributed by atoms with Crippen LogP contribution in [0.3, 0.4) is 0 Å². The highest BCUT2D eigenvalue weighted by atomic mass is 16.3. The number of hydrogen-bond acceptors (Lipinski definition) is 1. The Morgan fingerprint density at radius 1 is 1.36 bits per heavy atom. The number of aliphatic hydroxyl groups is 1. The van der Waals surface area contributed by atoms with Crippen LogP contribution in [0.2, 0.25) is 0 Å². The molecule has 1 aliphatic rings. The first-order valence-corrected chi connectivity index (χ1v) is 5.14. The standard InChI is InChI=1S/C13H16O/c1-2-8-13(14)9-7-11-5-3-4-6-12(11)10-13/h2-6,14H,1,7-10H2. The molecule has 0 fully saturated rings. The molecule has 1 N–H and O–H groups in total. The summed E-state index contributed by atoms with van der Waals surface area (Å²) in [7, 11) is 0. The van der Waals surface area contributed by atoms with Crippen LogP contribution >= 0.6 is 0 Å². The minimum Gasteiger partial charge on any atom is -0.389 e. The third-order valence-electron chi connectivity index (χ3n) is 3.02. The summed E-state index contributed by atoms with van der Waals surface area (Å²) in [6.07, 6.45) is 5.13. The Hall–Kier alpha value is -1.08. The predicted molar refractivity (Wildman–Crippen MR) is 58.2 cm³/mol. The van der Waals surface area contributed by atoms with Crippen molar-refractivity contribution in [2.45, 2.75) is 31.3 Å². The summed E-state index contributed by atoms with van der Waals surface area (Å²) in [6.45, 7) is 3.70. The summed E-state index contributed by atoms with van der Waals surface area (Å²) >= 11 is 0. The maximum atomic E-state index is 10.2. The monoisotopic (exact) mass is 188 g/mol. The van der Waals surface area contributed by atoms with Crippen LogP contribution in [0.25, 0.3) is 0 Å². The molecule has 0 spiro atoms. The Bertz CT molecular complexity index is 343. The first kappa shape index (κ1) is 9.47. The first-order chi connectivity index (χ1) is 6.73. The van der Waals surface area contributed by atoms with Crippen LogP contribution < -0.4 is 0 Å². The lowest BCUT2D eigenvalue weighted by Gasteiger charge is -2.32. The molecule has 1 atom stereocenters. The molecular formula is C13H16O. The maximum absolute atomic E-state index is 10.2. The highest BCUT2D eigenvalue weighted by Gasteiger charge is 2.30. The van der Waals surface area contributed by atoms with Gasteiger partial charge in [-0.3, -0.25) is 0 Å². The zero-order valence-corrected chi connectivity index (χ0v) is 8.37. The van der Waals surface area contributed by atoms with Gasteiger partial charge in [0.1, 0.15) is 0 Å². The molecule has 0 saturated carbocycles. The lowest BCUT2D eigenvalue weighted by Crippen LogP contribution is -2.35. The Balaban J connectivity index is 2.24. The molecule has 0 aliphatic heterocycles. The molecule has 0 heterocycles. The van der Waals surface area contributed by atoms with Crippen LogP contribution in [0.15, 0.2) is 36.9 Å². The normalized spacial score (nSPS) is 25.5. The summed E-state index contributed by atoms with van der Waals surface area (Å²) in [5.41, 5.74) is 2.14. The molecule has 0 amide bonds. The third kappa shape index (κ3) is 1.73. The number of benzene rings is 1.